The van der Waals surface area contributed by atoms with E-state index in [-0.39, 0.29) is 17.9 Å². The van der Waals surface area contributed by atoms with Gasteiger partial charge in [-0.3, -0.25) is 4.79 Å². The highest BCUT2D eigenvalue weighted by Gasteiger charge is 2.51. The van der Waals surface area contributed by atoms with E-state index in [1.165, 1.54) is 32.1 Å². The molecule has 4 saturated carbocycles. The maximum atomic E-state index is 12.8. The van der Waals surface area contributed by atoms with E-state index >= 15 is 0 Å². The summed E-state index contributed by atoms with van der Waals surface area (Å²) in [6.07, 6.45) is 6.53. The fraction of sp³-hybridized carbons (Fsp3) is 0.867. The number of thiocarbonyl (C=S) groups is 1. The van der Waals surface area contributed by atoms with Crippen LogP contribution in [0, 0.1) is 29.6 Å². The molecule has 0 aliphatic heterocycles. The summed E-state index contributed by atoms with van der Waals surface area (Å²) in [4.78, 5) is 15.0. The van der Waals surface area contributed by atoms with E-state index < -0.39 is 0 Å². The first-order valence-corrected chi connectivity index (χ1v) is 7.94. The monoisotopic (exact) mass is 280 g/mol. The number of carbonyl (C=O) groups excluding carboxylic acids is 1. The summed E-state index contributed by atoms with van der Waals surface area (Å²) in [5, 5.41) is 0. The second-order valence-electron chi connectivity index (χ2n) is 6.98. The van der Waals surface area contributed by atoms with Crippen molar-refractivity contribution >= 4 is 23.1 Å². The van der Waals surface area contributed by atoms with Gasteiger partial charge in [-0.2, -0.15) is 0 Å². The van der Waals surface area contributed by atoms with Crippen molar-refractivity contribution in [2.24, 2.45) is 35.3 Å². The van der Waals surface area contributed by atoms with Gasteiger partial charge in [-0.05, 0) is 62.7 Å². The number of hydrogen-bond acceptors (Lipinski definition) is 2. The SMILES string of the molecule is CC(C(N)=S)N(C)C(=O)C1C2CC3CC(C2)CC1C3. The van der Waals surface area contributed by atoms with Crippen LogP contribution in [0.15, 0.2) is 0 Å². The number of amides is 1. The van der Waals surface area contributed by atoms with E-state index in [0.29, 0.717) is 16.8 Å². The standard InChI is InChI=1S/C15H24N2OS/c1-8(14(16)19)17(2)15(18)13-11-4-9-3-10(6-11)7-12(13)5-9/h8-13H,3-7H2,1-2H3,(H2,16,19). The normalized spacial score (nSPS) is 41.1. The zero-order chi connectivity index (χ0) is 13.7. The Morgan fingerprint density at radius 2 is 1.63 bits per heavy atom. The van der Waals surface area contributed by atoms with Gasteiger partial charge in [0.15, 0.2) is 0 Å². The van der Waals surface area contributed by atoms with E-state index in [9.17, 15) is 4.79 Å². The van der Waals surface area contributed by atoms with Crippen molar-refractivity contribution in [3.8, 4) is 0 Å². The van der Waals surface area contributed by atoms with Crippen LogP contribution < -0.4 is 5.73 Å². The highest BCUT2D eigenvalue weighted by molar-refractivity contribution is 7.80. The van der Waals surface area contributed by atoms with E-state index in [1.54, 1.807) is 4.90 Å². The molecule has 4 fully saturated rings. The predicted octanol–water partition coefficient (Wildman–Crippen LogP) is 2.19. The number of hydrogen-bond donors (Lipinski definition) is 1. The molecule has 19 heavy (non-hydrogen) atoms. The highest BCUT2D eigenvalue weighted by Crippen LogP contribution is 2.56. The van der Waals surface area contributed by atoms with Crippen molar-refractivity contribution in [3.63, 3.8) is 0 Å². The Kier molecular flexibility index (Phi) is 3.32. The van der Waals surface area contributed by atoms with Crippen molar-refractivity contribution < 1.29 is 4.79 Å². The Morgan fingerprint density at radius 1 is 1.16 bits per heavy atom. The topological polar surface area (TPSA) is 46.3 Å². The molecule has 1 amide bonds. The molecule has 106 valence electrons. The molecule has 1 unspecified atom stereocenters. The van der Waals surface area contributed by atoms with Gasteiger partial charge in [-0.1, -0.05) is 12.2 Å². The molecule has 0 aromatic carbocycles. The van der Waals surface area contributed by atoms with E-state index in [0.717, 1.165) is 11.8 Å². The largest absolute Gasteiger partial charge is 0.392 e. The molecule has 1 atom stereocenters. The fourth-order valence-corrected chi connectivity index (χ4v) is 5.10. The maximum absolute atomic E-state index is 12.8. The van der Waals surface area contributed by atoms with Crippen molar-refractivity contribution in [1.29, 1.82) is 0 Å². The van der Waals surface area contributed by atoms with Crippen molar-refractivity contribution in [3.05, 3.63) is 0 Å². The van der Waals surface area contributed by atoms with Gasteiger partial charge in [-0.25, -0.2) is 0 Å². The van der Waals surface area contributed by atoms with E-state index in [1.807, 2.05) is 14.0 Å². The van der Waals surface area contributed by atoms with Crippen LogP contribution in [0.5, 0.6) is 0 Å². The molecule has 2 N–H and O–H groups in total. The maximum Gasteiger partial charge on any atom is 0.226 e. The Balaban J connectivity index is 1.75. The first-order chi connectivity index (χ1) is 8.97. The van der Waals surface area contributed by atoms with E-state index in [4.69, 9.17) is 18.0 Å². The molecule has 4 aliphatic carbocycles. The van der Waals surface area contributed by atoms with Gasteiger partial charge in [0.1, 0.15) is 0 Å². The molecular formula is C15H24N2OS. The van der Waals surface area contributed by atoms with Gasteiger partial charge in [0, 0.05) is 13.0 Å². The smallest absolute Gasteiger partial charge is 0.226 e. The average Bonchev–Trinajstić information content (AvgIpc) is 2.35. The van der Waals surface area contributed by atoms with Crippen LogP contribution in [0.2, 0.25) is 0 Å². The number of carbonyl (C=O) groups is 1. The molecule has 0 aromatic rings. The molecular weight excluding hydrogens is 256 g/mol. The van der Waals surface area contributed by atoms with Crippen molar-refractivity contribution in [1.82, 2.24) is 4.90 Å². The van der Waals surface area contributed by atoms with Crippen LogP contribution in [-0.2, 0) is 4.79 Å². The average molecular weight is 280 g/mol. The zero-order valence-electron chi connectivity index (χ0n) is 11.8. The first kappa shape index (κ1) is 13.3. The lowest BCUT2D eigenvalue weighted by Crippen LogP contribution is -2.54. The van der Waals surface area contributed by atoms with Gasteiger partial charge in [0.25, 0.3) is 0 Å². The summed E-state index contributed by atoms with van der Waals surface area (Å²) >= 11 is 5.03. The third-order valence-electron chi connectivity index (χ3n) is 5.85. The zero-order valence-corrected chi connectivity index (χ0v) is 12.7. The van der Waals surface area contributed by atoms with E-state index in [2.05, 4.69) is 0 Å². The molecule has 3 nitrogen and oxygen atoms in total. The predicted molar refractivity (Wildman–Crippen MR) is 79.6 cm³/mol. The fourth-order valence-electron chi connectivity index (χ4n) is 4.95. The molecule has 4 bridgehead atoms. The Hall–Kier alpha value is -0.640. The summed E-state index contributed by atoms with van der Waals surface area (Å²) in [6.45, 7) is 1.93. The third-order valence-corrected chi connectivity index (χ3v) is 6.19. The van der Waals surface area contributed by atoms with Crippen molar-refractivity contribution in [2.45, 2.75) is 45.1 Å². The van der Waals surface area contributed by atoms with Crippen molar-refractivity contribution in [2.75, 3.05) is 7.05 Å². The second kappa shape index (κ2) is 4.72. The van der Waals surface area contributed by atoms with Crippen LogP contribution in [-0.4, -0.2) is 28.9 Å². The lowest BCUT2D eigenvalue weighted by molar-refractivity contribution is -0.148. The Labute approximate surface area is 120 Å². The summed E-state index contributed by atoms with van der Waals surface area (Å²) in [5.41, 5.74) is 5.69. The molecule has 0 saturated heterocycles. The quantitative estimate of drug-likeness (QED) is 0.806. The van der Waals surface area contributed by atoms with Gasteiger partial charge in [0.05, 0.1) is 11.0 Å². The van der Waals surface area contributed by atoms with Gasteiger partial charge < -0.3 is 10.6 Å². The molecule has 4 heteroatoms. The Bertz CT molecular complexity index is 381. The summed E-state index contributed by atoms with van der Waals surface area (Å²) in [6, 6.07) is -0.125. The molecule has 0 aromatic heterocycles. The second-order valence-corrected chi connectivity index (χ2v) is 7.46. The van der Waals surface area contributed by atoms with Crippen LogP contribution in [0.4, 0.5) is 0 Å². The molecule has 4 rings (SSSR count). The van der Waals surface area contributed by atoms with Crippen LogP contribution in [0.3, 0.4) is 0 Å². The number of likely N-dealkylation sites (N-methyl/N-ethyl adjacent to an activating group) is 1. The molecule has 0 heterocycles. The Morgan fingerprint density at radius 3 is 2.05 bits per heavy atom. The summed E-state index contributed by atoms with van der Waals surface area (Å²) in [5.74, 6) is 3.60. The summed E-state index contributed by atoms with van der Waals surface area (Å²) in [7, 11) is 1.86. The minimum atomic E-state index is -0.125. The number of nitrogens with zero attached hydrogens (tertiary/aromatic N) is 1. The van der Waals surface area contributed by atoms with Gasteiger partial charge in [0.2, 0.25) is 5.91 Å². The minimum Gasteiger partial charge on any atom is -0.392 e. The third kappa shape index (κ3) is 2.18. The highest BCUT2D eigenvalue weighted by atomic mass is 32.1. The van der Waals surface area contributed by atoms with Crippen LogP contribution >= 0.6 is 12.2 Å². The van der Waals surface area contributed by atoms with Gasteiger partial charge in [-0.15, -0.1) is 0 Å². The van der Waals surface area contributed by atoms with Gasteiger partial charge >= 0.3 is 0 Å². The van der Waals surface area contributed by atoms with Crippen LogP contribution in [0.25, 0.3) is 0 Å². The molecule has 0 spiro atoms. The summed E-state index contributed by atoms with van der Waals surface area (Å²) < 4.78 is 0. The first-order valence-electron chi connectivity index (χ1n) is 7.53. The number of rotatable bonds is 3. The lowest BCUT2D eigenvalue weighted by atomic mass is 9.51. The molecule has 0 radical (unpaired) electrons. The lowest BCUT2D eigenvalue weighted by Gasteiger charge is -2.54. The molecule has 4 aliphatic rings. The van der Waals surface area contributed by atoms with Crippen LogP contribution in [0.1, 0.15) is 39.0 Å². The number of nitrogens with two attached hydrogens (primary N) is 1. The minimum absolute atomic E-state index is 0.125.